The highest BCUT2D eigenvalue weighted by Crippen LogP contribution is 2.26. The molecule has 2 N–H and O–H groups in total. The Morgan fingerprint density at radius 1 is 1.12 bits per heavy atom. The molecule has 0 saturated heterocycles. The summed E-state index contributed by atoms with van der Waals surface area (Å²) < 4.78 is 0. The molecule has 1 aromatic rings. The number of allylic oxidation sites excluding steroid dienone is 1. The Kier molecular flexibility index (Phi) is 3.02. The Labute approximate surface area is 104 Å². The fourth-order valence-corrected chi connectivity index (χ4v) is 3.07. The number of nitrogens with two attached hydrogens (primary N) is 1. The number of benzene rings is 1. The van der Waals surface area contributed by atoms with Gasteiger partial charge < -0.3 is 5.73 Å². The smallest absolute Gasteiger partial charge is 0.00765 e. The maximum absolute atomic E-state index is 5.92. The second kappa shape index (κ2) is 4.66. The number of rotatable bonds is 2. The van der Waals surface area contributed by atoms with Gasteiger partial charge in [-0.2, -0.15) is 0 Å². The van der Waals surface area contributed by atoms with Gasteiger partial charge in [0.25, 0.3) is 0 Å². The van der Waals surface area contributed by atoms with Crippen LogP contribution in [0.4, 0.5) is 0 Å². The SMILES string of the molecule is NC1CC=C(Cc2ccc3c(c2)CCC3)CC1. The van der Waals surface area contributed by atoms with E-state index in [0.717, 1.165) is 19.3 Å². The third-order valence-electron chi connectivity index (χ3n) is 4.14. The van der Waals surface area contributed by atoms with E-state index in [1.165, 1.54) is 31.2 Å². The summed E-state index contributed by atoms with van der Waals surface area (Å²) in [6.45, 7) is 0. The summed E-state index contributed by atoms with van der Waals surface area (Å²) in [5.74, 6) is 0. The molecule has 0 bridgehead atoms. The molecule has 1 heteroatoms. The van der Waals surface area contributed by atoms with Gasteiger partial charge in [-0.15, -0.1) is 0 Å². The van der Waals surface area contributed by atoms with Crippen molar-refractivity contribution in [3.05, 3.63) is 46.5 Å². The monoisotopic (exact) mass is 227 g/mol. The molecule has 0 radical (unpaired) electrons. The van der Waals surface area contributed by atoms with Crippen LogP contribution in [0.2, 0.25) is 0 Å². The van der Waals surface area contributed by atoms with E-state index in [1.807, 2.05) is 0 Å². The quantitative estimate of drug-likeness (QED) is 0.772. The van der Waals surface area contributed by atoms with E-state index in [0.29, 0.717) is 6.04 Å². The molecule has 0 aromatic heterocycles. The van der Waals surface area contributed by atoms with Gasteiger partial charge >= 0.3 is 0 Å². The van der Waals surface area contributed by atoms with E-state index in [4.69, 9.17) is 5.73 Å². The highest BCUT2D eigenvalue weighted by Gasteiger charge is 2.13. The van der Waals surface area contributed by atoms with Gasteiger partial charge in [-0.3, -0.25) is 0 Å². The Balaban J connectivity index is 1.73. The summed E-state index contributed by atoms with van der Waals surface area (Å²) in [5.41, 5.74) is 12.2. The molecule has 0 heterocycles. The van der Waals surface area contributed by atoms with Crippen molar-refractivity contribution in [1.82, 2.24) is 0 Å². The lowest BCUT2D eigenvalue weighted by Crippen LogP contribution is -2.22. The van der Waals surface area contributed by atoms with Gasteiger partial charge in [0.05, 0.1) is 0 Å². The number of hydrogen-bond donors (Lipinski definition) is 1. The van der Waals surface area contributed by atoms with Gasteiger partial charge in [0.2, 0.25) is 0 Å². The molecule has 0 fully saturated rings. The van der Waals surface area contributed by atoms with Crippen LogP contribution in [0, 0.1) is 0 Å². The molecule has 2 aliphatic carbocycles. The molecule has 2 aliphatic rings. The third-order valence-corrected chi connectivity index (χ3v) is 4.14. The molecule has 17 heavy (non-hydrogen) atoms. The molecule has 90 valence electrons. The lowest BCUT2D eigenvalue weighted by atomic mass is 9.91. The molecule has 0 spiro atoms. The van der Waals surface area contributed by atoms with E-state index >= 15 is 0 Å². The summed E-state index contributed by atoms with van der Waals surface area (Å²) in [5, 5.41) is 0. The Bertz CT molecular complexity index is 445. The topological polar surface area (TPSA) is 26.0 Å². The van der Waals surface area contributed by atoms with Gasteiger partial charge in [-0.25, -0.2) is 0 Å². The third kappa shape index (κ3) is 2.44. The van der Waals surface area contributed by atoms with Crippen molar-refractivity contribution in [1.29, 1.82) is 0 Å². The number of hydrogen-bond acceptors (Lipinski definition) is 1. The summed E-state index contributed by atoms with van der Waals surface area (Å²) >= 11 is 0. The van der Waals surface area contributed by atoms with Gasteiger partial charge in [0.1, 0.15) is 0 Å². The minimum absolute atomic E-state index is 0.402. The van der Waals surface area contributed by atoms with E-state index in [9.17, 15) is 0 Å². The second-order valence-electron chi connectivity index (χ2n) is 5.53. The normalized spacial score (nSPS) is 23.4. The highest BCUT2D eigenvalue weighted by molar-refractivity contribution is 5.37. The van der Waals surface area contributed by atoms with Gasteiger partial charge in [-0.05, 0) is 61.6 Å². The van der Waals surface area contributed by atoms with Crippen LogP contribution in [-0.2, 0) is 19.3 Å². The zero-order chi connectivity index (χ0) is 11.7. The lowest BCUT2D eigenvalue weighted by Gasteiger charge is -2.18. The molecule has 0 saturated carbocycles. The Morgan fingerprint density at radius 2 is 2.00 bits per heavy atom. The highest BCUT2D eigenvalue weighted by atomic mass is 14.6. The maximum Gasteiger partial charge on any atom is 0.00765 e. The van der Waals surface area contributed by atoms with E-state index in [1.54, 1.807) is 16.7 Å². The fourth-order valence-electron chi connectivity index (χ4n) is 3.07. The summed E-state index contributed by atoms with van der Waals surface area (Å²) in [7, 11) is 0. The minimum Gasteiger partial charge on any atom is -0.327 e. The molecule has 0 amide bonds. The van der Waals surface area contributed by atoms with E-state index in [2.05, 4.69) is 24.3 Å². The van der Waals surface area contributed by atoms with Crippen molar-refractivity contribution in [2.75, 3.05) is 0 Å². The molecule has 1 unspecified atom stereocenters. The molecule has 1 atom stereocenters. The number of fused-ring (bicyclic) bond motifs is 1. The fraction of sp³-hybridized carbons (Fsp3) is 0.500. The molecule has 1 aromatic carbocycles. The zero-order valence-electron chi connectivity index (χ0n) is 10.4. The second-order valence-corrected chi connectivity index (χ2v) is 5.53. The van der Waals surface area contributed by atoms with Crippen molar-refractivity contribution in [2.24, 2.45) is 5.73 Å². The van der Waals surface area contributed by atoms with Gasteiger partial charge in [0, 0.05) is 6.04 Å². The van der Waals surface area contributed by atoms with Crippen LogP contribution in [0.25, 0.3) is 0 Å². The predicted molar refractivity (Wildman–Crippen MR) is 72.1 cm³/mol. The van der Waals surface area contributed by atoms with Crippen molar-refractivity contribution < 1.29 is 0 Å². The summed E-state index contributed by atoms with van der Waals surface area (Å²) in [4.78, 5) is 0. The summed E-state index contributed by atoms with van der Waals surface area (Å²) in [6, 6.07) is 7.49. The molecular formula is C16H21N. The molecule has 3 rings (SSSR count). The number of aryl methyl sites for hydroxylation is 2. The predicted octanol–water partition coefficient (Wildman–Crippen LogP) is 3.16. The average molecular weight is 227 g/mol. The molecule has 0 aliphatic heterocycles. The lowest BCUT2D eigenvalue weighted by molar-refractivity contribution is 0.583. The van der Waals surface area contributed by atoms with Crippen LogP contribution in [0.1, 0.15) is 42.4 Å². The maximum atomic E-state index is 5.92. The van der Waals surface area contributed by atoms with Crippen molar-refractivity contribution in [2.45, 2.75) is 51.0 Å². The summed E-state index contributed by atoms with van der Waals surface area (Å²) in [6.07, 6.45) is 10.8. The Morgan fingerprint density at radius 3 is 2.82 bits per heavy atom. The van der Waals surface area contributed by atoms with Crippen LogP contribution in [0.3, 0.4) is 0 Å². The van der Waals surface area contributed by atoms with E-state index in [-0.39, 0.29) is 0 Å². The first-order chi connectivity index (χ1) is 8.31. The zero-order valence-corrected chi connectivity index (χ0v) is 10.4. The minimum atomic E-state index is 0.402. The van der Waals surface area contributed by atoms with Crippen LogP contribution < -0.4 is 5.73 Å². The first kappa shape index (κ1) is 11.0. The standard InChI is InChI=1S/C16H21N/c17-16-8-5-12(6-9-16)10-13-4-7-14-2-1-3-15(14)11-13/h4-5,7,11,16H,1-3,6,8-10,17H2. The Hall–Kier alpha value is -1.08. The average Bonchev–Trinajstić information content (AvgIpc) is 2.79. The van der Waals surface area contributed by atoms with Crippen molar-refractivity contribution >= 4 is 0 Å². The first-order valence-electron chi connectivity index (χ1n) is 6.85. The van der Waals surface area contributed by atoms with Crippen LogP contribution in [-0.4, -0.2) is 6.04 Å². The van der Waals surface area contributed by atoms with Gasteiger partial charge in [0.15, 0.2) is 0 Å². The van der Waals surface area contributed by atoms with Crippen molar-refractivity contribution in [3.8, 4) is 0 Å². The van der Waals surface area contributed by atoms with Crippen molar-refractivity contribution in [3.63, 3.8) is 0 Å². The largest absolute Gasteiger partial charge is 0.327 e. The van der Waals surface area contributed by atoms with E-state index < -0.39 is 0 Å². The molecular weight excluding hydrogens is 206 g/mol. The van der Waals surface area contributed by atoms with Crippen LogP contribution in [0.15, 0.2) is 29.8 Å². The van der Waals surface area contributed by atoms with Crippen LogP contribution in [0.5, 0.6) is 0 Å². The first-order valence-corrected chi connectivity index (χ1v) is 6.85. The van der Waals surface area contributed by atoms with Gasteiger partial charge in [-0.1, -0.05) is 29.8 Å². The molecule has 1 nitrogen and oxygen atoms in total. The van der Waals surface area contributed by atoms with Crippen LogP contribution >= 0.6 is 0 Å².